The molecular formula is C8H10N4O2S. The van der Waals surface area contributed by atoms with E-state index in [1.54, 1.807) is 0 Å². The molecular weight excluding hydrogens is 216 g/mol. The van der Waals surface area contributed by atoms with E-state index in [0.717, 1.165) is 0 Å². The molecule has 80 valence electrons. The summed E-state index contributed by atoms with van der Waals surface area (Å²) in [5.41, 5.74) is 0.311. The van der Waals surface area contributed by atoms with Crippen LogP contribution in [0.3, 0.4) is 0 Å². The lowest BCUT2D eigenvalue weighted by molar-refractivity contribution is 0.271. The van der Waals surface area contributed by atoms with Gasteiger partial charge in [-0.25, -0.2) is 9.67 Å². The first-order valence-electron chi connectivity index (χ1n) is 4.37. The zero-order chi connectivity index (χ0) is 10.8. The zero-order valence-corrected chi connectivity index (χ0v) is 8.91. The summed E-state index contributed by atoms with van der Waals surface area (Å²) in [5, 5.41) is 13.8. The number of rotatable bonds is 3. The Bertz CT molecular complexity index is 533. The number of hydrogen-bond acceptors (Lipinski definition) is 5. The lowest BCUT2D eigenvalue weighted by Gasteiger charge is -2.00. The molecule has 0 unspecified atom stereocenters. The normalized spacial score (nSPS) is 11.1. The Labute approximate surface area is 89.3 Å². The Morgan fingerprint density at radius 2 is 2.47 bits per heavy atom. The first-order valence-corrected chi connectivity index (χ1v) is 5.59. The van der Waals surface area contributed by atoms with E-state index in [1.807, 2.05) is 6.26 Å². The highest BCUT2D eigenvalue weighted by molar-refractivity contribution is 7.98. The summed E-state index contributed by atoms with van der Waals surface area (Å²) < 4.78 is 1.52. The molecule has 6 nitrogen and oxygen atoms in total. The smallest absolute Gasteiger partial charge is 0.262 e. The molecule has 0 radical (unpaired) electrons. The van der Waals surface area contributed by atoms with Crippen molar-refractivity contribution >= 4 is 22.8 Å². The third-order valence-corrected chi connectivity index (χ3v) is 2.57. The fourth-order valence-electron chi connectivity index (χ4n) is 1.30. The number of nitrogens with one attached hydrogen (secondary N) is 1. The van der Waals surface area contributed by atoms with E-state index in [4.69, 9.17) is 5.11 Å². The van der Waals surface area contributed by atoms with Gasteiger partial charge in [-0.05, 0) is 6.26 Å². The molecule has 2 rings (SSSR count). The van der Waals surface area contributed by atoms with Crippen LogP contribution in [0.4, 0.5) is 0 Å². The van der Waals surface area contributed by atoms with E-state index < -0.39 is 0 Å². The molecule has 0 amide bonds. The molecule has 0 aliphatic heterocycles. The van der Waals surface area contributed by atoms with Gasteiger partial charge in [0, 0.05) is 0 Å². The van der Waals surface area contributed by atoms with Crippen LogP contribution in [0.15, 0.2) is 16.1 Å². The van der Waals surface area contributed by atoms with Crippen LogP contribution in [0.1, 0.15) is 0 Å². The average Bonchev–Trinajstić information content (AvgIpc) is 2.63. The lowest BCUT2D eigenvalue weighted by atomic mass is 10.4. The molecule has 0 aliphatic carbocycles. The Morgan fingerprint density at radius 1 is 1.67 bits per heavy atom. The van der Waals surface area contributed by atoms with Gasteiger partial charge < -0.3 is 10.1 Å². The molecule has 15 heavy (non-hydrogen) atoms. The van der Waals surface area contributed by atoms with Gasteiger partial charge in [-0.2, -0.15) is 5.10 Å². The number of fused-ring (bicyclic) bond motifs is 1. The topological polar surface area (TPSA) is 83.8 Å². The second-order valence-electron chi connectivity index (χ2n) is 2.90. The summed E-state index contributed by atoms with van der Waals surface area (Å²) in [7, 11) is 0. The van der Waals surface area contributed by atoms with Gasteiger partial charge in [-0.15, -0.1) is 0 Å². The van der Waals surface area contributed by atoms with E-state index in [-0.39, 0.29) is 12.2 Å². The molecule has 2 aromatic heterocycles. The summed E-state index contributed by atoms with van der Waals surface area (Å²) >= 11 is 1.36. The van der Waals surface area contributed by atoms with E-state index >= 15 is 0 Å². The zero-order valence-electron chi connectivity index (χ0n) is 8.10. The van der Waals surface area contributed by atoms with Crippen molar-refractivity contribution in [2.24, 2.45) is 0 Å². The first kappa shape index (κ1) is 10.2. The monoisotopic (exact) mass is 226 g/mol. The molecule has 0 saturated heterocycles. The molecule has 2 heterocycles. The average molecular weight is 226 g/mol. The SMILES string of the molecule is CSc1nc2c(cnn2CCO)c(=O)[nH]1. The first-order chi connectivity index (χ1) is 7.26. The molecule has 0 atom stereocenters. The van der Waals surface area contributed by atoms with Gasteiger partial charge in [0.1, 0.15) is 5.39 Å². The maximum absolute atomic E-state index is 11.6. The molecule has 2 aromatic rings. The van der Waals surface area contributed by atoms with Crippen LogP contribution < -0.4 is 5.56 Å². The van der Waals surface area contributed by atoms with E-state index in [9.17, 15) is 4.79 Å². The van der Waals surface area contributed by atoms with Crippen molar-refractivity contribution in [2.75, 3.05) is 12.9 Å². The minimum atomic E-state index is -0.200. The molecule has 0 saturated carbocycles. The van der Waals surface area contributed by atoms with E-state index in [2.05, 4.69) is 15.1 Å². The number of aromatic amines is 1. The van der Waals surface area contributed by atoms with Crippen molar-refractivity contribution in [3.63, 3.8) is 0 Å². The highest BCUT2D eigenvalue weighted by Crippen LogP contribution is 2.11. The highest BCUT2D eigenvalue weighted by Gasteiger charge is 2.08. The predicted octanol–water partition coefficient (Wildman–Crippen LogP) is -0.166. The summed E-state index contributed by atoms with van der Waals surface area (Å²) in [4.78, 5) is 18.4. The molecule has 7 heteroatoms. The minimum Gasteiger partial charge on any atom is -0.394 e. The van der Waals surface area contributed by atoms with Crippen LogP contribution >= 0.6 is 11.8 Å². The van der Waals surface area contributed by atoms with E-state index in [0.29, 0.717) is 22.7 Å². The predicted molar refractivity (Wildman–Crippen MR) is 57.0 cm³/mol. The number of thioether (sulfide) groups is 1. The van der Waals surface area contributed by atoms with Crippen molar-refractivity contribution in [1.82, 2.24) is 19.7 Å². The van der Waals surface area contributed by atoms with Crippen molar-refractivity contribution in [2.45, 2.75) is 11.7 Å². The molecule has 0 bridgehead atoms. The minimum absolute atomic E-state index is 0.0279. The van der Waals surface area contributed by atoms with Crippen LogP contribution in [-0.2, 0) is 6.54 Å². The van der Waals surface area contributed by atoms with Crippen molar-refractivity contribution in [3.05, 3.63) is 16.6 Å². The molecule has 0 aliphatic rings. The maximum Gasteiger partial charge on any atom is 0.262 e. The van der Waals surface area contributed by atoms with Crippen LogP contribution in [0.5, 0.6) is 0 Å². The maximum atomic E-state index is 11.6. The number of H-pyrrole nitrogens is 1. The van der Waals surface area contributed by atoms with E-state index in [1.165, 1.54) is 22.6 Å². The number of nitrogens with zero attached hydrogens (tertiary/aromatic N) is 3. The van der Waals surface area contributed by atoms with Crippen molar-refractivity contribution in [3.8, 4) is 0 Å². The second kappa shape index (κ2) is 4.03. The Kier molecular flexibility index (Phi) is 2.74. The molecule has 2 N–H and O–H groups in total. The third-order valence-electron chi connectivity index (χ3n) is 1.99. The third kappa shape index (κ3) is 1.75. The highest BCUT2D eigenvalue weighted by atomic mass is 32.2. The lowest BCUT2D eigenvalue weighted by Crippen LogP contribution is -2.11. The Balaban J connectivity index is 2.67. The van der Waals surface area contributed by atoms with Gasteiger partial charge in [0.25, 0.3) is 5.56 Å². The van der Waals surface area contributed by atoms with Gasteiger partial charge >= 0.3 is 0 Å². The summed E-state index contributed by atoms with van der Waals surface area (Å²) in [6.45, 7) is 0.313. The fourth-order valence-corrected chi connectivity index (χ4v) is 1.67. The van der Waals surface area contributed by atoms with Gasteiger partial charge in [0.15, 0.2) is 10.8 Å². The van der Waals surface area contributed by atoms with Crippen molar-refractivity contribution in [1.29, 1.82) is 0 Å². The van der Waals surface area contributed by atoms with Gasteiger partial charge in [-0.3, -0.25) is 4.79 Å². The standard InChI is InChI=1S/C8H10N4O2S/c1-15-8-10-6-5(7(14)11-8)4-9-12(6)2-3-13/h4,13H,2-3H2,1H3,(H,10,11,14). The van der Waals surface area contributed by atoms with Crippen LogP contribution in [-0.4, -0.2) is 37.7 Å². The second-order valence-corrected chi connectivity index (χ2v) is 3.70. The quantitative estimate of drug-likeness (QED) is 0.561. The number of aliphatic hydroxyl groups excluding tert-OH is 1. The van der Waals surface area contributed by atoms with Gasteiger partial charge in [-0.1, -0.05) is 11.8 Å². The largest absolute Gasteiger partial charge is 0.394 e. The number of aromatic nitrogens is 4. The summed E-state index contributed by atoms with van der Waals surface area (Å²) in [6, 6.07) is 0. The van der Waals surface area contributed by atoms with Crippen LogP contribution in [0.2, 0.25) is 0 Å². The molecule has 0 fully saturated rings. The fraction of sp³-hybridized carbons (Fsp3) is 0.375. The summed E-state index contributed by atoms with van der Waals surface area (Å²) in [6.07, 6.45) is 3.29. The van der Waals surface area contributed by atoms with Crippen LogP contribution in [0.25, 0.3) is 11.0 Å². The summed E-state index contributed by atoms with van der Waals surface area (Å²) in [5.74, 6) is 0. The van der Waals surface area contributed by atoms with Gasteiger partial charge in [0.2, 0.25) is 0 Å². The molecule has 0 aromatic carbocycles. The number of hydrogen-bond donors (Lipinski definition) is 2. The van der Waals surface area contributed by atoms with Crippen LogP contribution in [0, 0.1) is 0 Å². The Hall–Kier alpha value is -1.34. The number of aliphatic hydroxyl groups is 1. The van der Waals surface area contributed by atoms with Crippen molar-refractivity contribution < 1.29 is 5.11 Å². The van der Waals surface area contributed by atoms with Gasteiger partial charge in [0.05, 0.1) is 19.3 Å². The molecule has 0 spiro atoms. The Morgan fingerprint density at radius 3 is 3.13 bits per heavy atom.